The lowest BCUT2D eigenvalue weighted by molar-refractivity contribution is 0.597. The number of sulfone groups is 1. The molecule has 0 fully saturated rings. The molecule has 0 saturated carbocycles. The fourth-order valence-corrected chi connectivity index (χ4v) is 1.52. The van der Waals surface area contributed by atoms with Crippen molar-refractivity contribution in [2.45, 2.75) is 6.92 Å². The lowest BCUT2D eigenvalue weighted by atomic mass is 10.7. The van der Waals surface area contributed by atoms with Crippen LogP contribution in [0.25, 0.3) is 0 Å². The van der Waals surface area contributed by atoms with E-state index in [4.69, 9.17) is 5.73 Å². The van der Waals surface area contributed by atoms with E-state index in [0.29, 0.717) is 5.95 Å². The van der Waals surface area contributed by atoms with Crippen molar-refractivity contribution in [1.29, 1.82) is 0 Å². The molecule has 1 rings (SSSR count). The summed E-state index contributed by atoms with van der Waals surface area (Å²) in [5, 5.41) is 8.87. The number of hydrogen-bond donors (Lipinski definition) is 3. The Morgan fingerprint density at radius 3 is 2.79 bits per heavy atom. The predicted octanol–water partition coefficient (Wildman–Crippen LogP) is -0.766. The molecule has 14 heavy (non-hydrogen) atoms. The fourth-order valence-electron chi connectivity index (χ4n) is 0.816. The summed E-state index contributed by atoms with van der Waals surface area (Å²) in [5.41, 5.74) is 5.27. The number of anilines is 2. The number of hydrogen-bond acceptors (Lipinski definition) is 6. The molecule has 1 aromatic rings. The van der Waals surface area contributed by atoms with Gasteiger partial charge in [0.05, 0.1) is 5.75 Å². The van der Waals surface area contributed by atoms with Crippen LogP contribution in [0.2, 0.25) is 0 Å². The van der Waals surface area contributed by atoms with Crippen LogP contribution in [0.5, 0.6) is 0 Å². The first-order chi connectivity index (χ1) is 6.53. The molecule has 0 aromatic carbocycles. The third-order valence-corrected chi connectivity index (χ3v) is 3.34. The van der Waals surface area contributed by atoms with Gasteiger partial charge in [0, 0.05) is 12.3 Å². The second kappa shape index (κ2) is 4.27. The van der Waals surface area contributed by atoms with Crippen molar-refractivity contribution in [2.75, 3.05) is 29.1 Å². The Labute approximate surface area is 82.0 Å². The maximum Gasteiger partial charge on any atom is 0.243 e. The van der Waals surface area contributed by atoms with Gasteiger partial charge in [-0.15, -0.1) is 5.10 Å². The van der Waals surface area contributed by atoms with Gasteiger partial charge >= 0.3 is 0 Å². The van der Waals surface area contributed by atoms with Crippen molar-refractivity contribution in [2.24, 2.45) is 0 Å². The molecule has 0 atom stereocenters. The molecule has 0 bridgehead atoms. The van der Waals surface area contributed by atoms with Crippen LogP contribution in [0.3, 0.4) is 0 Å². The molecule has 7 nitrogen and oxygen atoms in total. The molecule has 0 amide bonds. The van der Waals surface area contributed by atoms with Crippen molar-refractivity contribution in [3.63, 3.8) is 0 Å². The van der Waals surface area contributed by atoms with Crippen LogP contribution in [-0.4, -0.2) is 41.6 Å². The van der Waals surface area contributed by atoms with Gasteiger partial charge in [0.1, 0.15) is 0 Å². The summed E-state index contributed by atoms with van der Waals surface area (Å²) in [7, 11) is -2.94. The molecular formula is C6H13N5O2S. The summed E-state index contributed by atoms with van der Waals surface area (Å²) in [4.78, 5) is 3.76. The van der Waals surface area contributed by atoms with E-state index >= 15 is 0 Å². The van der Waals surface area contributed by atoms with Crippen molar-refractivity contribution in [3.05, 3.63) is 0 Å². The van der Waals surface area contributed by atoms with E-state index in [-0.39, 0.29) is 24.0 Å². The monoisotopic (exact) mass is 219 g/mol. The van der Waals surface area contributed by atoms with Gasteiger partial charge in [-0.05, 0) is 0 Å². The highest BCUT2D eigenvalue weighted by molar-refractivity contribution is 7.91. The van der Waals surface area contributed by atoms with Gasteiger partial charge in [-0.1, -0.05) is 6.92 Å². The molecule has 0 spiro atoms. The fraction of sp³-hybridized carbons (Fsp3) is 0.667. The second-order valence-electron chi connectivity index (χ2n) is 2.71. The molecule has 0 radical (unpaired) electrons. The minimum atomic E-state index is -2.94. The van der Waals surface area contributed by atoms with Crippen LogP contribution in [0.15, 0.2) is 0 Å². The smallest absolute Gasteiger partial charge is 0.243 e. The van der Waals surface area contributed by atoms with Gasteiger partial charge in [0.25, 0.3) is 0 Å². The first-order valence-electron chi connectivity index (χ1n) is 4.15. The predicted molar refractivity (Wildman–Crippen MR) is 53.6 cm³/mol. The zero-order valence-electron chi connectivity index (χ0n) is 7.82. The number of nitrogens with one attached hydrogen (secondary N) is 2. The topological polar surface area (TPSA) is 114 Å². The van der Waals surface area contributed by atoms with Gasteiger partial charge < -0.3 is 11.1 Å². The van der Waals surface area contributed by atoms with Crippen LogP contribution in [0, 0.1) is 0 Å². The number of aromatic nitrogens is 3. The van der Waals surface area contributed by atoms with Crippen molar-refractivity contribution < 1.29 is 8.42 Å². The maximum absolute atomic E-state index is 11.1. The summed E-state index contributed by atoms with van der Waals surface area (Å²) in [6.07, 6.45) is 0. The SMILES string of the molecule is CCS(=O)(=O)CCNc1n[nH]c(N)n1. The van der Waals surface area contributed by atoms with Gasteiger partial charge in [0.15, 0.2) is 9.84 Å². The third-order valence-electron chi connectivity index (χ3n) is 1.64. The Kier molecular flexibility index (Phi) is 3.28. The molecule has 1 heterocycles. The zero-order valence-corrected chi connectivity index (χ0v) is 8.63. The first-order valence-corrected chi connectivity index (χ1v) is 5.98. The standard InChI is InChI=1S/C6H13N5O2S/c1-2-14(12,13)4-3-8-6-9-5(7)10-11-6/h2-4H2,1H3,(H4,7,8,9,10,11). The number of nitrogens with two attached hydrogens (primary N) is 1. The summed E-state index contributed by atoms with van der Waals surface area (Å²) < 4.78 is 22.2. The van der Waals surface area contributed by atoms with Crippen molar-refractivity contribution >= 4 is 21.7 Å². The number of nitrogen functional groups attached to an aromatic ring is 1. The van der Waals surface area contributed by atoms with Crippen LogP contribution in [0.1, 0.15) is 6.92 Å². The first kappa shape index (κ1) is 10.8. The van der Waals surface area contributed by atoms with E-state index < -0.39 is 9.84 Å². The van der Waals surface area contributed by atoms with Crippen LogP contribution >= 0.6 is 0 Å². The summed E-state index contributed by atoms with van der Waals surface area (Å²) in [6.45, 7) is 1.90. The van der Waals surface area contributed by atoms with E-state index in [1.807, 2.05) is 0 Å². The highest BCUT2D eigenvalue weighted by Crippen LogP contribution is 1.98. The molecule has 0 saturated heterocycles. The Hall–Kier alpha value is -1.31. The van der Waals surface area contributed by atoms with Crippen LogP contribution < -0.4 is 11.1 Å². The number of rotatable bonds is 5. The maximum atomic E-state index is 11.1. The van der Waals surface area contributed by atoms with E-state index in [2.05, 4.69) is 20.5 Å². The Balaban J connectivity index is 2.36. The zero-order chi connectivity index (χ0) is 10.6. The molecule has 80 valence electrons. The molecule has 8 heteroatoms. The van der Waals surface area contributed by atoms with Crippen molar-refractivity contribution in [3.8, 4) is 0 Å². The van der Waals surface area contributed by atoms with Gasteiger partial charge in [-0.2, -0.15) is 4.98 Å². The molecule has 0 aliphatic rings. The van der Waals surface area contributed by atoms with Crippen LogP contribution in [-0.2, 0) is 9.84 Å². The average molecular weight is 219 g/mol. The van der Waals surface area contributed by atoms with E-state index in [1.165, 1.54) is 0 Å². The lowest BCUT2D eigenvalue weighted by Gasteiger charge is -2.01. The Morgan fingerprint density at radius 1 is 1.57 bits per heavy atom. The van der Waals surface area contributed by atoms with Gasteiger partial charge in [-0.3, -0.25) is 0 Å². The normalized spacial score (nSPS) is 11.5. The Bertz CT molecular complexity index is 385. The second-order valence-corrected chi connectivity index (χ2v) is 5.18. The van der Waals surface area contributed by atoms with Gasteiger partial charge in [0.2, 0.25) is 11.9 Å². The molecule has 0 aliphatic carbocycles. The molecular weight excluding hydrogens is 206 g/mol. The molecule has 0 unspecified atom stereocenters. The summed E-state index contributed by atoms with van der Waals surface area (Å²) in [5.74, 6) is 0.725. The van der Waals surface area contributed by atoms with E-state index in [9.17, 15) is 8.42 Å². The lowest BCUT2D eigenvalue weighted by Crippen LogP contribution is -2.17. The number of nitrogens with zero attached hydrogens (tertiary/aromatic N) is 2. The quantitative estimate of drug-likeness (QED) is 0.599. The third kappa shape index (κ3) is 3.21. The van der Waals surface area contributed by atoms with E-state index in [0.717, 1.165) is 0 Å². The summed E-state index contributed by atoms with van der Waals surface area (Å²) in [6, 6.07) is 0. The Morgan fingerprint density at radius 2 is 2.29 bits per heavy atom. The minimum absolute atomic E-state index is 0.0674. The molecule has 1 aromatic heterocycles. The molecule has 0 aliphatic heterocycles. The highest BCUT2D eigenvalue weighted by atomic mass is 32.2. The largest absolute Gasteiger partial charge is 0.368 e. The average Bonchev–Trinajstić information content (AvgIpc) is 2.51. The summed E-state index contributed by atoms with van der Waals surface area (Å²) >= 11 is 0. The number of H-pyrrole nitrogens is 1. The number of aromatic amines is 1. The highest BCUT2D eigenvalue weighted by Gasteiger charge is 2.07. The van der Waals surface area contributed by atoms with Crippen molar-refractivity contribution in [1.82, 2.24) is 15.2 Å². The molecule has 4 N–H and O–H groups in total. The van der Waals surface area contributed by atoms with Crippen LogP contribution in [0.4, 0.5) is 11.9 Å². The van der Waals surface area contributed by atoms with Gasteiger partial charge in [-0.25, -0.2) is 13.5 Å². The minimum Gasteiger partial charge on any atom is -0.368 e. The van der Waals surface area contributed by atoms with E-state index in [1.54, 1.807) is 6.92 Å².